The number of carbonyl (C=O) groups is 2. The predicted molar refractivity (Wildman–Crippen MR) is 66.7 cm³/mol. The van der Waals surface area contributed by atoms with Gasteiger partial charge < -0.3 is 4.74 Å². The molecule has 17 heavy (non-hydrogen) atoms. The molecule has 1 rings (SSSR count). The molecule has 0 saturated carbocycles. The van der Waals surface area contributed by atoms with Crippen molar-refractivity contribution in [3.05, 3.63) is 33.1 Å². The third-order valence-electron chi connectivity index (χ3n) is 1.73. The Bertz CT molecular complexity index is 440. The highest BCUT2D eigenvalue weighted by atomic mass is 127. The van der Waals surface area contributed by atoms with Gasteiger partial charge in [0.05, 0.1) is 12.2 Å². The van der Waals surface area contributed by atoms with E-state index in [9.17, 15) is 14.0 Å². The molecule has 0 heterocycles. The summed E-state index contributed by atoms with van der Waals surface area (Å²) in [6.07, 6.45) is -0.771. The first-order valence-corrected chi connectivity index (χ1v) is 5.80. The monoisotopic (exact) mass is 352 g/mol. The van der Waals surface area contributed by atoms with E-state index in [1.165, 1.54) is 12.1 Å². The van der Waals surface area contributed by atoms with Gasteiger partial charge in [-0.05, 0) is 47.7 Å². The van der Waals surface area contributed by atoms with Crippen LogP contribution in [-0.2, 0) is 4.74 Å². The van der Waals surface area contributed by atoms with E-state index in [1.807, 2.05) is 28.0 Å². The quantitative estimate of drug-likeness (QED) is 0.630. The predicted octanol–water partition coefficient (Wildman–Crippen LogP) is 1.82. The maximum Gasteiger partial charge on any atom is 0.426 e. The number of hydrazine groups is 1. The maximum absolute atomic E-state index is 12.9. The largest absolute Gasteiger partial charge is 0.449 e. The Hall–Kier alpha value is -1.38. The summed E-state index contributed by atoms with van der Waals surface area (Å²) < 4.78 is 18.0. The summed E-state index contributed by atoms with van der Waals surface area (Å²) in [6, 6.07) is 3.80. The first-order chi connectivity index (χ1) is 8.04. The van der Waals surface area contributed by atoms with Crippen LogP contribution < -0.4 is 10.9 Å². The number of ether oxygens (including phenoxy) is 1. The van der Waals surface area contributed by atoms with Crippen molar-refractivity contribution >= 4 is 34.6 Å². The van der Waals surface area contributed by atoms with Crippen molar-refractivity contribution in [3.63, 3.8) is 0 Å². The van der Waals surface area contributed by atoms with Crippen LogP contribution in [0.1, 0.15) is 17.3 Å². The molecule has 0 fully saturated rings. The smallest absolute Gasteiger partial charge is 0.426 e. The number of benzene rings is 1. The number of hydrogen-bond donors (Lipinski definition) is 2. The molecule has 0 aromatic heterocycles. The molecule has 0 spiro atoms. The number of rotatable bonds is 2. The number of halogens is 2. The van der Waals surface area contributed by atoms with Gasteiger partial charge in [-0.1, -0.05) is 0 Å². The van der Waals surface area contributed by atoms with Gasteiger partial charge in [-0.3, -0.25) is 10.2 Å². The molecule has 0 atom stereocenters. The van der Waals surface area contributed by atoms with Gasteiger partial charge >= 0.3 is 6.09 Å². The Kier molecular flexibility index (Phi) is 5.13. The average Bonchev–Trinajstić information content (AvgIpc) is 2.29. The van der Waals surface area contributed by atoms with Gasteiger partial charge in [0, 0.05) is 3.57 Å². The Morgan fingerprint density at radius 3 is 2.76 bits per heavy atom. The minimum Gasteiger partial charge on any atom is -0.449 e. The summed E-state index contributed by atoms with van der Waals surface area (Å²) in [5, 5.41) is 0. The molecule has 0 radical (unpaired) electrons. The molecule has 0 unspecified atom stereocenters. The number of hydrogen-bond acceptors (Lipinski definition) is 3. The summed E-state index contributed by atoms with van der Waals surface area (Å²) in [7, 11) is 0. The van der Waals surface area contributed by atoms with Crippen LogP contribution in [0.4, 0.5) is 9.18 Å². The third-order valence-corrected chi connectivity index (χ3v) is 2.67. The van der Waals surface area contributed by atoms with Crippen molar-refractivity contribution in [2.24, 2.45) is 0 Å². The van der Waals surface area contributed by atoms with Crippen LogP contribution in [0.5, 0.6) is 0 Å². The molecule has 1 aromatic rings. The molecule has 0 aliphatic rings. The Morgan fingerprint density at radius 1 is 1.41 bits per heavy atom. The lowest BCUT2D eigenvalue weighted by Crippen LogP contribution is -2.42. The van der Waals surface area contributed by atoms with Crippen LogP contribution in [0.25, 0.3) is 0 Å². The Balaban J connectivity index is 2.64. The standard InChI is InChI=1S/C10H10FIN2O3/c1-2-17-10(16)14-13-9(15)7-5-6(11)3-4-8(7)12/h3-5H,2H2,1H3,(H,13,15)(H,14,16). The highest BCUT2D eigenvalue weighted by Gasteiger charge is 2.12. The Morgan fingerprint density at radius 2 is 2.12 bits per heavy atom. The fraction of sp³-hybridized carbons (Fsp3) is 0.200. The third kappa shape index (κ3) is 4.17. The summed E-state index contributed by atoms with van der Waals surface area (Å²) in [5.74, 6) is -1.13. The van der Waals surface area contributed by atoms with Crippen LogP contribution in [0.3, 0.4) is 0 Å². The van der Waals surface area contributed by atoms with Gasteiger partial charge in [0.1, 0.15) is 5.82 Å². The number of amides is 2. The summed E-state index contributed by atoms with van der Waals surface area (Å²) in [6.45, 7) is 1.83. The van der Waals surface area contributed by atoms with Gasteiger partial charge in [0.2, 0.25) is 0 Å². The first-order valence-electron chi connectivity index (χ1n) is 4.72. The van der Waals surface area contributed by atoms with Crippen molar-refractivity contribution in [1.29, 1.82) is 0 Å². The van der Waals surface area contributed by atoms with E-state index in [1.54, 1.807) is 6.92 Å². The molecule has 2 N–H and O–H groups in total. The minimum atomic E-state index is -0.771. The van der Waals surface area contributed by atoms with Crippen molar-refractivity contribution in [3.8, 4) is 0 Å². The zero-order valence-electron chi connectivity index (χ0n) is 8.92. The minimum absolute atomic E-state index is 0.141. The second-order valence-electron chi connectivity index (χ2n) is 2.92. The van der Waals surface area contributed by atoms with Crippen LogP contribution in [0.2, 0.25) is 0 Å². The molecule has 0 bridgehead atoms. The van der Waals surface area contributed by atoms with E-state index in [0.717, 1.165) is 6.07 Å². The molecule has 7 heteroatoms. The fourth-order valence-corrected chi connectivity index (χ4v) is 1.59. The van der Waals surface area contributed by atoms with Gasteiger partial charge in [-0.15, -0.1) is 0 Å². The zero-order valence-corrected chi connectivity index (χ0v) is 11.1. The van der Waals surface area contributed by atoms with Gasteiger partial charge in [-0.25, -0.2) is 14.6 Å². The lowest BCUT2D eigenvalue weighted by Gasteiger charge is -2.08. The highest BCUT2D eigenvalue weighted by molar-refractivity contribution is 14.1. The average molecular weight is 352 g/mol. The van der Waals surface area contributed by atoms with E-state index in [2.05, 4.69) is 10.2 Å². The van der Waals surface area contributed by atoms with Crippen LogP contribution in [0, 0.1) is 9.39 Å². The summed E-state index contributed by atoms with van der Waals surface area (Å²) >= 11 is 1.89. The normalized spacial score (nSPS) is 9.59. The van der Waals surface area contributed by atoms with Gasteiger partial charge in [-0.2, -0.15) is 0 Å². The van der Waals surface area contributed by atoms with Crippen molar-refractivity contribution < 1.29 is 18.7 Å². The van der Waals surface area contributed by atoms with E-state index in [0.29, 0.717) is 3.57 Å². The molecule has 0 aliphatic heterocycles. The molecule has 92 valence electrons. The lowest BCUT2D eigenvalue weighted by atomic mass is 10.2. The fourth-order valence-electron chi connectivity index (χ4n) is 1.01. The maximum atomic E-state index is 12.9. The molecular weight excluding hydrogens is 342 g/mol. The second-order valence-corrected chi connectivity index (χ2v) is 4.09. The molecule has 2 amide bonds. The lowest BCUT2D eigenvalue weighted by molar-refractivity contribution is 0.0911. The molecule has 0 saturated heterocycles. The first kappa shape index (κ1) is 13.7. The molecular formula is C10H10FIN2O3. The summed E-state index contributed by atoms with van der Waals surface area (Å²) in [4.78, 5) is 22.5. The van der Waals surface area contributed by atoms with Crippen LogP contribution in [0.15, 0.2) is 18.2 Å². The van der Waals surface area contributed by atoms with Crippen molar-refractivity contribution in [1.82, 2.24) is 10.9 Å². The molecule has 1 aromatic carbocycles. The van der Waals surface area contributed by atoms with Gasteiger partial charge in [0.15, 0.2) is 0 Å². The number of carbonyl (C=O) groups excluding carboxylic acids is 2. The second kappa shape index (κ2) is 6.38. The van der Waals surface area contributed by atoms with Gasteiger partial charge in [0.25, 0.3) is 5.91 Å². The van der Waals surface area contributed by atoms with E-state index >= 15 is 0 Å². The van der Waals surface area contributed by atoms with Crippen LogP contribution >= 0.6 is 22.6 Å². The van der Waals surface area contributed by atoms with Crippen LogP contribution in [-0.4, -0.2) is 18.6 Å². The SMILES string of the molecule is CCOC(=O)NNC(=O)c1cc(F)ccc1I. The Labute approximate surface area is 111 Å². The molecule has 0 aliphatic carbocycles. The van der Waals surface area contributed by atoms with E-state index < -0.39 is 17.8 Å². The van der Waals surface area contributed by atoms with E-state index in [4.69, 9.17) is 0 Å². The topological polar surface area (TPSA) is 67.4 Å². The van der Waals surface area contributed by atoms with E-state index in [-0.39, 0.29) is 12.2 Å². The van der Waals surface area contributed by atoms with Crippen molar-refractivity contribution in [2.75, 3.05) is 6.61 Å². The number of nitrogens with one attached hydrogen (secondary N) is 2. The highest BCUT2D eigenvalue weighted by Crippen LogP contribution is 2.13. The van der Waals surface area contributed by atoms with Crippen molar-refractivity contribution in [2.45, 2.75) is 6.92 Å². The zero-order chi connectivity index (χ0) is 12.8. The molecule has 5 nitrogen and oxygen atoms in total. The summed E-state index contributed by atoms with van der Waals surface area (Å²) in [5.41, 5.74) is 4.30.